The molecule has 1 fully saturated rings. The summed E-state index contributed by atoms with van der Waals surface area (Å²) in [5.74, 6) is -0.0687. The summed E-state index contributed by atoms with van der Waals surface area (Å²) in [5, 5.41) is 15.5. The molecule has 1 aliphatic heterocycles. The number of rotatable bonds is 2. The number of nitrogens with zero attached hydrogens (tertiary/aromatic N) is 5. The van der Waals surface area contributed by atoms with Crippen molar-refractivity contribution in [1.82, 2.24) is 24.9 Å². The fraction of sp³-hybridized carbons (Fsp3) is 0.333. The Labute approximate surface area is 136 Å². The number of carbonyl (C=O) groups is 1. The quantitative estimate of drug-likeness (QED) is 0.717. The summed E-state index contributed by atoms with van der Waals surface area (Å²) in [6, 6.07) is 5.57. The van der Waals surface area contributed by atoms with E-state index in [4.69, 9.17) is 4.74 Å². The first-order valence-electron chi connectivity index (χ1n) is 7.36. The Balaban J connectivity index is 1.64. The van der Waals surface area contributed by atoms with Crippen LogP contribution in [0.25, 0.3) is 5.65 Å². The minimum Gasteiger partial charge on any atom is -0.367 e. The van der Waals surface area contributed by atoms with E-state index in [9.17, 15) is 4.79 Å². The maximum atomic E-state index is 12.9. The van der Waals surface area contributed by atoms with Crippen LogP contribution in [0.3, 0.4) is 0 Å². The lowest BCUT2D eigenvalue weighted by Gasteiger charge is -2.36. The number of ether oxygens (including phenoxy) is 1. The fourth-order valence-electron chi connectivity index (χ4n) is 2.86. The van der Waals surface area contributed by atoms with Crippen molar-refractivity contribution in [2.75, 3.05) is 13.1 Å². The van der Waals surface area contributed by atoms with Crippen molar-refractivity contribution in [1.29, 1.82) is 0 Å². The average Bonchev–Trinajstić information content (AvgIpc) is 3.24. The van der Waals surface area contributed by atoms with Crippen molar-refractivity contribution >= 4 is 22.9 Å². The number of fused-ring (bicyclic) bond motifs is 1. The van der Waals surface area contributed by atoms with Crippen molar-refractivity contribution in [3.05, 3.63) is 46.3 Å². The molecule has 0 saturated carbocycles. The molecule has 8 heteroatoms. The van der Waals surface area contributed by atoms with E-state index in [1.807, 2.05) is 23.3 Å². The van der Waals surface area contributed by atoms with Crippen LogP contribution >= 0.6 is 11.3 Å². The van der Waals surface area contributed by atoms with Gasteiger partial charge < -0.3 is 9.64 Å². The second-order valence-electron chi connectivity index (χ2n) is 5.57. The van der Waals surface area contributed by atoms with Crippen molar-refractivity contribution < 1.29 is 9.53 Å². The van der Waals surface area contributed by atoms with Gasteiger partial charge >= 0.3 is 0 Å². The van der Waals surface area contributed by atoms with E-state index in [-0.39, 0.29) is 18.1 Å². The van der Waals surface area contributed by atoms with Crippen LogP contribution in [0.2, 0.25) is 0 Å². The molecule has 1 saturated heterocycles. The standard InChI is InChI=1S/C15H15N5O2S/c1-10-7-19(8-13(22-10)11-4-6-23-9-11)15(21)12-3-2-5-20-14(12)16-17-18-20/h2-6,9-10,13H,7-8H2,1H3. The largest absolute Gasteiger partial charge is 0.367 e. The highest BCUT2D eigenvalue weighted by Crippen LogP contribution is 2.27. The van der Waals surface area contributed by atoms with E-state index in [0.29, 0.717) is 24.3 Å². The van der Waals surface area contributed by atoms with Crippen molar-refractivity contribution in [2.24, 2.45) is 0 Å². The summed E-state index contributed by atoms with van der Waals surface area (Å²) in [6.45, 7) is 3.07. The minimum atomic E-state index is -0.0929. The van der Waals surface area contributed by atoms with Crippen LogP contribution in [-0.4, -0.2) is 50.0 Å². The first kappa shape index (κ1) is 14.3. The van der Waals surface area contributed by atoms with Crippen LogP contribution in [-0.2, 0) is 4.74 Å². The summed E-state index contributed by atoms with van der Waals surface area (Å²) in [7, 11) is 0. The van der Waals surface area contributed by atoms with Crippen LogP contribution in [0.15, 0.2) is 35.2 Å². The number of carbonyl (C=O) groups excluding carboxylic acids is 1. The Morgan fingerprint density at radius 2 is 2.30 bits per heavy atom. The van der Waals surface area contributed by atoms with Gasteiger partial charge in [-0.1, -0.05) is 0 Å². The van der Waals surface area contributed by atoms with Gasteiger partial charge in [-0.25, -0.2) is 0 Å². The smallest absolute Gasteiger partial charge is 0.257 e. The van der Waals surface area contributed by atoms with Gasteiger partial charge in [-0.15, -0.1) is 5.10 Å². The monoisotopic (exact) mass is 329 g/mol. The van der Waals surface area contributed by atoms with Crippen molar-refractivity contribution in [3.63, 3.8) is 0 Å². The zero-order valence-corrected chi connectivity index (χ0v) is 13.3. The molecule has 1 amide bonds. The first-order chi connectivity index (χ1) is 11.2. The Morgan fingerprint density at radius 1 is 1.39 bits per heavy atom. The number of hydrogen-bond donors (Lipinski definition) is 0. The van der Waals surface area contributed by atoms with E-state index < -0.39 is 0 Å². The maximum absolute atomic E-state index is 12.9. The molecular formula is C15H15N5O2S. The summed E-state index contributed by atoms with van der Waals surface area (Å²) in [6.07, 6.45) is 1.61. The van der Waals surface area contributed by atoms with E-state index in [2.05, 4.69) is 20.9 Å². The molecule has 2 atom stereocenters. The maximum Gasteiger partial charge on any atom is 0.257 e. The third-order valence-electron chi connectivity index (χ3n) is 3.92. The summed E-state index contributed by atoms with van der Waals surface area (Å²) in [4.78, 5) is 14.8. The van der Waals surface area contributed by atoms with Crippen molar-refractivity contribution in [2.45, 2.75) is 19.1 Å². The topological polar surface area (TPSA) is 72.6 Å². The predicted octanol–water partition coefficient (Wildman–Crippen LogP) is 1.79. The van der Waals surface area contributed by atoms with Gasteiger partial charge in [-0.3, -0.25) is 4.79 Å². The molecule has 0 bridgehead atoms. The highest BCUT2D eigenvalue weighted by atomic mass is 32.1. The number of aromatic nitrogens is 4. The molecule has 23 heavy (non-hydrogen) atoms. The zero-order chi connectivity index (χ0) is 15.8. The third-order valence-corrected chi connectivity index (χ3v) is 4.62. The number of morpholine rings is 1. The van der Waals surface area contributed by atoms with E-state index in [1.165, 1.54) is 4.52 Å². The Hall–Kier alpha value is -2.32. The second-order valence-corrected chi connectivity index (χ2v) is 6.35. The molecule has 4 heterocycles. The fourth-order valence-corrected chi connectivity index (χ4v) is 3.57. The number of amides is 1. The van der Waals surface area contributed by atoms with Gasteiger partial charge in [0.1, 0.15) is 6.10 Å². The van der Waals surface area contributed by atoms with Gasteiger partial charge in [0, 0.05) is 12.7 Å². The van der Waals surface area contributed by atoms with E-state index in [0.717, 1.165) is 5.56 Å². The zero-order valence-electron chi connectivity index (χ0n) is 12.5. The highest BCUT2D eigenvalue weighted by molar-refractivity contribution is 7.07. The predicted molar refractivity (Wildman–Crippen MR) is 84.3 cm³/mol. The minimum absolute atomic E-state index is 0.0201. The molecular weight excluding hydrogens is 314 g/mol. The Kier molecular flexibility index (Phi) is 3.55. The molecule has 118 valence electrons. The van der Waals surface area contributed by atoms with Crippen LogP contribution in [0.4, 0.5) is 0 Å². The van der Waals surface area contributed by atoms with Crippen LogP contribution in [0.5, 0.6) is 0 Å². The molecule has 0 N–H and O–H groups in total. The average molecular weight is 329 g/mol. The van der Waals surface area contributed by atoms with Crippen LogP contribution in [0, 0.1) is 0 Å². The molecule has 0 aromatic carbocycles. The Bertz CT molecular complexity index is 831. The van der Waals surface area contributed by atoms with Gasteiger partial charge in [0.15, 0.2) is 5.65 Å². The first-order valence-corrected chi connectivity index (χ1v) is 8.30. The van der Waals surface area contributed by atoms with E-state index >= 15 is 0 Å². The summed E-state index contributed by atoms with van der Waals surface area (Å²) in [5.41, 5.74) is 2.10. The third kappa shape index (κ3) is 2.60. The highest BCUT2D eigenvalue weighted by Gasteiger charge is 2.31. The van der Waals surface area contributed by atoms with Gasteiger partial charge in [-0.2, -0.15) is 15.9 Å². The van der Waals surface area contributed by atoms with Gasteiger partial charge in [0.05, 0.1) is 18.2 Å². The molecule has 4 rings (SSSR count). The molecule has 3 aromatic heterocycles. The van der Waals surface area contributed by atoms with Gasteiger partial charge in [-0.05, 0) is 51.9 Å². The molecule has 0 radical (unpaired) electrons. The van der Waals surface area contributed by atoms with Crippen LogP contribution < -0.4 is 0 Å². The normalized spacial score (nSPS) is 21.7. The molecule has 7 nitrogen and oxygen atoms in total. The van der Waals surface area contributed by atoms with Crippen LogP contribution in [0.1, 0.15) is 28.9 Å². The molecule has 3 aromatic rings. The number of thiophene rings is 1. The van der Waals surface area contributed by atoms with Gasteiger partial charge in [0.2, 0.25) is 0 Å². The number of hydrogen-bond acceptors (Lipinski definition) is 6. The van der Waals surface area contributed by atoms with Gasteiger partial charge in [0.25, 0.3) is 5.91 Å². The second kappa shape index (κ2) is 5.71. The molecule has 2 unspecified atom stereocenters. The number of pyridine rings is 1. The lowest BCUT2D eigenvalue weighted by Crippen LogP contribution is -2.46. The molecule has 1 aliphatic rings. The lowest BCUT2D eigenvalue weighted by atomic mass is 10.1. The van der Waals surface area contributed by atoms with Crippen molar-refractivity contribution in [3.8, 4) is 0 Å². The Morgan fingerprint density at radius 3 is 3.13 bits per heavy atom. The molecule has 0 spiro atoms. The lowest BCUT2D eigenvalue weighted by molar-refractivity contribution is -0.0689. The SMILES string of the molecule is CC1CN(C(=O)c2cccn3nnnc23)CC(c2ccsc2)O1. The summed E-state index contributed by atoms with van der Waals surface area (Å²) < 4.78 is 7.49. The molecule has 0 aliphatic carbocycles. The van der Waals surface area contributed by atoms with E-state index in [1.54, 1.807) is 29.7 Å². The summed E-state index contributed by atoms with van der Waals surface area (Å²) >= 11 is 1.63. The number of tetrazole rings is 1.